The first-order valence-electron chi connectivity index (χ1n) is 7.41. The van der Waals surface area contributed by atoms with E-state index in [9.17, 15) is 0 Å². The quantitative estimate of drug-likeness (QED) is 0.787. The van der Waals surface area contributed by atoms with Gasteiger partial charge in [-0.2, -0.15) is 0 Å². The highest BCUT2D eigenvalue weighted by atomic mass is 79.9. The highest BCUT2D eigenvalue weighted by Gasteiger charge is 2.33. The first-order valence-corrected chi connectivity index (χ1v) is 8.21. The standard InChI is InChI=1S/C15H22BrN3.2ClH/c16-15-13(6-3-7-18-15)14(12-4-1-2-5-12)19-10-8-17-9-11-19;;/h3,6-7,12,14,17H,1-2,4-5,8-11H2;2*1H/t14-;;/m0../s1. The predicted molar refractivity (Wildman–Crippen MR) is 95.6 cm³/mol. The van der Waals surface area contributed by atoms with E-state index in [-0.39, 0.29) is 24.8 Å². The van der Waals surface area contributed by atoms with Crippen molar-refractivity contribution in [2.45, 2.75) is 31.7 Å². The fraction of sp³-hybridized carbons (Fsp3) is 0.667. The Morgan fingerprint density at radius 2 is 1.86 bits per heavy atom. The molecule has 1 aromatic rings. The largest absolute Gasteiger partial charge is 0.314 e. The summed E-state index contributed by atoms with van der Waals surface area (Å²) in [6, 6.07) is 4.87. The first-order chi connectivity index (χ1) is 9.36. The second-order valence-corrected chi connectivity index (χ2v) is 6.41. The molecule has 1 saturated heterocycles. The van der Waals surface area contributed by atoms with Crippen molar-refractivity contribution in [1.82, 2.24) is 15.2 Å². The molecular formula is C15H24BrCl2N3. The van der Waals surface area contributed by atoms with E-state index in [2.05, 4.69) is 43.3 Å². The Kier molecular flexibility index (Phi) is 8.50. The van der Waals surface area contributed by atoms with Crippen molar-refractivity contribution >= 4 is 40.7 Å². The average Bonchev–Trinajstić information content (AvgIpc) is 2.96. The van der Waals surface area contributed by atoms with E-state index in [0.29, 0.717) is 6.04 Å². The number of hydrogen-bond acceptors (Lipinski definition) is 3. The first kappa shape index (κ1) is 19.2. The van der Waals surface area contributed by atoms with Crippen LogP contribution in [0.5, 0.6) is 0 Å². The van der Waals surface area contributed by atoms with Crippen LogP contribution in [-0.2, 0) is 0 Å². The minimum Gasteiger partial charge on any atom is -0.314 e. The molecule has 1 aliphatic carbocycles. The normalized spacial score (nSPS) is 21.4. The van der Waals surface area contributed by atoms with E-state index in [1.54, 1.807) is 0 Å². The molecule has 2 heterocycles. The fourth-order valence-corrected chi connectivity index (χ4v) is 4.09. The lowest BCUT2D eigenvalue weighted by molar-refractivity contribution is 0.124. The molecule has 0 spiro atoms. The van der Waals surface area contributed by atoms with Crippen LogP contribution in [0.2, 0.25) is 0 Å². The van der Waals surface area contributed by atoms with Gasteiger partial charge in [0.1, 0.15) is 4.60 Å². The molecule has 3 rings (SSSR count). The molecule has 1 aliphatic heterocycles. The summed E-state index contributed by atoms with van der Waals surface area (Å²) in [5, 5.41) is 3.46. The molecule has 120 valence electrons. The van der Waals surface area contributed by atoms with Crippen LogP contribution in [-0.4, -0.2) is 36.1 Å². The Bertz CT molecular complexity index is 421. The van der Waals surface area contributed by atoms with Crippen molar-refractivity contribution in [3.63, 3.8) is 0 Å². The third-order valence-electron chi connectivity index (χ3n) is 4.50. The van der Waals surface area contributed by atoms with Crippen LogP contribution in [0, 0.1) is 5.92 Å². The monoisotopic (exact) mass is 395 g/mol. The van der Waals surface area contributed by atoms with Crippen molar-refractivity contribution in [1.29, 1.82) is 0 Å². The van der Waals surface area contributed by atoms with Crippen LogP contribution in [0.15, 0.2) is 22.9 Å². The van der Waals surface area contributed by atoms with Gasteiger partial charge in [0.25, 0.3) is 0 Å². The lowest BCUT2D eigenvalue weighted by Gasteiger charge is -2.38. The maximum absolute atomic E-state index is 4.44. The van der Waals surface area contributed by atoms with Gasteiger partial charge in [0.2, 0.25) is 0 Å². The van der Waals surface area contributed by atoms with Crippen LogP contribution in [0.3, 0.4) is 0 Å². The van der Waals surface area contributed by atoms with Gasteiger partial charge in [-0.3, -0.25) is 4.90 Å². The van der Waals surface area contributed by atoms with Crippen LogP contribution in [0.25, 0.3) is 0 Å². The van der Waals surface area contributed by atoms with E-state index in [1.165, 1.54) is 31.2 Å². The van der Waals surface area contributed by atoms with Gasteiger partial charge in [0.05, 0.1) is 0 Å². The Balaban J connectivity index is 0.00000110. The van der Waals surface area contributed by atoms with Crippen molar-refractivity contribution < 1.29 is 0 Å². The molecule has 2 fully saturated rings. The number of rotatable bonds is 3. The average molecular weight is 397 g/mol. The summed E-state index contributed by atoms with van der Waals surface area (Å²) >= 11 is 3.66. The molecule has 3 nitrogen and oxygen atoms in total. The summed E-state index contributed by atoms with van der Waals surface area (Å²) in [6.07, 6.45) is 7.40. The number of hydrogen-bond donors (Lipinski definition) is 1. The van der Waals surface area contributed by atoms with Gasteiger partial charge < -0.3 is 5.32 Å². The second-order valence-electron chi connectivity index (χ2n) is 5.66. The Hall–Kier alpha value is 0.130. The van der Waals surface area contributed by atoms with Crippen LogP contribution in [0.4, 0.5) is 0 Å². The Labute approximate surface area is 148 Å². The predicted octanol–water partition coefficient (Wildman–Crippen LogP) is 3.82. The molecule has 1 atom stereocenters. The van der Waals surface area contributed by atoms with Crippen molar-refractivity contribution in [2.75, 3.05) is 26.2 Å². The van der Waals surface area contributed by atoms with Gasteiger partial charge in [-0.15, -0.1) is 24.8 Å². The number of pyridine rings is 1. The summed E-state index contributed by atoms with van der Waals surface area (Å²) in [5.41, 5.74) is 1.39. The molecule has 2 aliphatic rings. The number of nitrogens with zero attached hydrogens (tertiary/aromatic N) is 2. The zero-order valence-electron chi connectivity index (χ0n) is 12.1. The lowest BCUT2D eigenvalue weighted by Crippen LogP contribution is -2.46. The minimum absolute atomic E-state index is 0. The molecule has 21 heavy (non-hydrogen) atoms. The molecular weight excluding hydrogens is 373 g/mol. The van der Waals surface area contributed by atoms with E-state index >= 15 is 0 Å². The van der Waals surface area contributed by atoms with Crippen LogP contribution < -0.4 is 5.32 Å². The van der Waals surface area contributed by atoms with Gasteiger partial charge in [-0.05, 0) is 40.8 Å². The molecule has 0 bridgehead atoms. The third-order valence-corrected chi connectivity index (χ3v) is 5.16. The molecule has 0 radical (unpaired) electrons. The van der Waals surface area contributed by atoms with Gasteiger partial charge in [0, 0.05) is 44.0 Å². The van der Waals surface area contributed by atoms with E-state index in [1.807, 2.05) is 6.20 Å². The van der Waals surface area contributed by atoms with Crippen LogP contribution >= 0.6 is 40.7 Å². The smallest absolute Gasteiger partial charge is 0.110 e. The summed E-state index contributed by atoms with van der Waals surface area (Å²) < 4.78 is 1.03. The fourth-order valence-electron chi connectivity index (χ4n) is 3.60. The van der Waals surface area contributed by atoms with E-state index in [4.69, 9.17) is 0 Å². The molecule has 1 aromatic heterocycles. The highest BCUT2D eigenvalue weighted by Crippen LogP contribution is 2.41. The second kappa shape index (κ2) is 9.31. The minimum atomic E-state index is 0. The van der Waals surface area contributed by atoms with Gasteiger partial charge >= 0.3 is 0 Å². The number of nitrogens with one attached hydrogen (secondary N) is 1. The SMILES string of the molecule is Brc1ncccc1[C@H](C1CCCC1)N1CCNCC1.Cl.Cl. The van der Waals surface area contributed by atoms with Crippen molar-refractivity contribution in [3.8, 4) is 0 Å². The zero-order valence-corrected chi connectivity index (χ0v) is 15.4. The third kappa shape index (κ3) is 4.55. The van der Waals surface area contributed by atoms with Gasteiger partial charge in [0.15, 0.2) is 0 Å². The highest BCUT2D eigenvalue weighted by molar-refractivity contribution is 9.10. The van der Waals surface area contributed by atoms with Gasteiger partial charge in [-0.1, -0.05) is 18.9 Å². The zero-order chi connectivity index (χ0) is 13.1. The number of aromatic nitrogens is 1. The Morgan fingerprint density at radius 1 is 1.19 bits per heavy atom. The molecule has 0 unspecified atom stereocenters. The number of piperazine rings is 1. The molecule has 6 heteroatoms. The molecule has 0 aromatic carbocycles. The van der Waals surface area contributed by atoms with Crippen LogP contribution in [0.1, 0.15) is 37.3 Å². The maximum atomic E-state index is 4.44. The maximum Gasteiger partial charge on any atom is 0.110 e. The van der Waals surface area contributed by atoms with Crippen molar-refractivity contribution in [3.05, 3.63) is 28.5 Å². The van der Waals surface area contributed by atoms with Crippen molar-refractivity contribution in [2.24, 2.45) is 5.92 Å². The van der Waals surface area contributed by atoms with E-state index < -0.39 is 0 Å². The topological polar surface area (TPSA) is 28.2 Å². The van der Waals surface area contributed by atoms with Gasteiger partial charge in [-0.25, -0.2) is 4.98 Å². The summed E-state index contributed by atoms with van der Waals surface area (Å²) in [5.74, 6) is 0.804. The lowest BCUT2D eigenvalue weighted by atomic mass is 9.90. The molecule has 1 saturated carbocycles. The summed E-state index contributed by atoms with van der Waals surface area (Å²) in [7, 11) is 0. The summed E-state index contributed by atoms with van der Waals surface area (Å²) in [6.45, 7) is 4.53. The van der Waals surface area contributed by atoms with E-state index in [0.717, 1.165) is 36.7 Å². The number of halogens is 3. The molecule has 1 N–H and O–H groups in total. The Morgan fingerprint density at radius 3 is 2.48 bits per heavy atom. The summed E-state index contributed by atoms with van der Waals surface area (Å²) in [4.78, 5) is 7.10. The molecule has 0 amide bonds.